The van der Waals surface area contributed by atoms with Crippen LogP contribution in [0.1, 0.15) is 40.2 Å². The van der Waals surface area contributed by atoms with Crippen LogP contribution in [0.3, 0.4) is 0 Å². The van der Waals surface area contributed by atoms with Gasteiger partial charge in [-0.1, -0.05) is 12.1 Å². The zero-order valence-corrected chi connectivity index (χ0v) is 15.7. The third-order valence-electron chi connectivity index (χ3n) is 4.60. The minimum atomic E-state index is 0.0184. The fraction of sp³-hybridized carbons (Fsp3) is 0.429. The average molecular weight is 354 g/mol. The lowest BCUT2D eigenvalue weighted by Crippen LogP contribution is -2.37. The molecular formula is C21H26N2O3. The van der Waals surface area contributed by atoms with E-state index in [1.807, 2.05) is 55.1 Å². The number of rotatable bonds is 6. The van der Waals surface area contributed by atoms with Crippen LogP contribution in [0.5, 0.6) is 5.75 Å². The second kappa shape index (κ2) is 8.32. The predicted molar refractivity (Wildman–Crippen MR) is 100 cm³/mol. The summed E-state index contributed by atoms with van der Waals surface area (Å²) in [6.45, 7) is 5.76. The van der Waals surface area contributed by atoms with Crippen molar-refractivity contribution in [1.82, 2.24) is 9.88 Å². The fourth-order valence-corrected chi connectivity index (χ4v) is 3.35. The Morgan fingerprint density at radius 3 is 2.50 bits per heavy atom. The first-order chi connectivity index (χ1) is 12.5. The van der Waals surface area contributed by atoms with E-state index >= 15 is 0 Å². The van der Waals surface area contributed by atoms with E-state index in [-0.39, 0.29) is 12.0 Å². The highest BCUT2D eigenvalue weighted by Gasteiger charge is 2.24. The quantitative estimate of drug-likeness (QED) is 0.796. The lowest BCUT2D eigenvalue weighted by molar-refractivity contribution is 0.0507. The molecule has 0 aliphatic carbocycles. The first-order valence-corrected chi connectivity index (χ1v) is 9.04. The van der Waals surface area contributed by atoms with Crippen LogP contribution in [-0.4, -0.2) is 42.2 Å². The fourth-order valence-electron chi connectivity index (χ4n) is 3.35. The second-order valence-corrected chi connectivity index (χ2v) is 6.81. The number of aryl methyl sites for hydroxylation is 2. The topological polar surface area (TPSA) is 51.7 Å². The molecule has 1 aliphatic heterocycles. The lowest BCUT2D eigenvalue weighted by atomic mass is 10.1. The van der Waals surface area contributed by atoms with Gasteiger partial charge in [-0.15, -0.1) is 0 Å². The molecule has 1 amide bonds. The molecule has 1 fully saturated rings. The van der Waals surface area contributed by atoms with Crippen LogP contribution in [0.15, 0.2) is 36.4 Å². The van der Waals surface area contributed by atoms with Gasteiger partial charge >= 0.3 is 0 Å². The van der Waals surface area contributed by atoms with Crippen LogP contribution >= 0.6 is 0 Å². The molecule has 1 aromatic heterocycles. The summed E-state index contributed by atoms with van der Waals surface area (Å²) in [7, 11) is 1.65. The Labute approximate surface area is 155 Å². The molecule has 5 heteroatoms. The number of hydrogen-bond donors (Lipinski definition) is 0. The van der Waals surface area contributed by atoms with Gasteiger partial charge in [-0.3, -0.25) is 9.78 Å². The SMILES string of the molecule is COc1ccc(CN(C[C@@H]2CCCO2)C(=O)c2cc(C)nc(C)c2)cc1. The summed E-state index contributed by atoms with van der Waals surface area (Å²) in [6.07, 6.45) is 2.17. The number of amides is 1. The predicted octanol–water partition coefficient (Wildman–Crippen LogP) is 3.53. The molecule has 5 nitrogen and oxygen atoms in total. The second-order valence-electron chi connectivity index (χ2n) is 6.81. The highest BCUT2D eigenvalue weighted by Crippen LogP contribution is 2.19. The first-order valence-electron chi connectivity index (χ1n) is 9.04. The molecule has 1 aliphatic rings. The number of carbonyl (C=O) groups is 1. The van der Waals surface area contributed by atoms with Crippen molar-refractivity contribution in [2.75, 3.05) is 20.3 Å². The Balaban J connectivity index is 1.82. The van der Waals surface area contributed by atoms with Gasteiger partial charge in [0, 0.05) is 36.6 Å². The first kappa shape index (κ1) is 18.4. The Kier molecular flexibility index (Phi) is 5.89. The number of hydrogen-bond acceptors (Lipinski definition) is 4. The number of methoxy groups -OCH3 is 1. The van der Waals surface area contributed by atoms with Gasteiger partial charge in [0.1, 0.15) is 5.75 Å². The van der Waals surface area contributed by atoms with E-state index in [1.165, 1.54) is 0 Å². The third kappa shape index (κ3) is 4.61. The van der Waals surface area contributed by atoms with Crippen LogP contribution < -0.4 is 4.74 Å². The van der Waals surface area contributed by atoms with Gasteiger partial charge in [0.25, 0.3) is 5.91 Å². The van der Waals surface area contributed by atoms with E-state index in [1.54, 1.807) is 7.11 Å². The Bertz CT molecular complexity index is 732. The van der Waals surface area contributed by atoms with Gasteiger partial charge in [-0.05, 0) is 56.5 Å². The Morgan fingerprint density at radius 2 is 1.92 bits per heavy atom. The summed E-state index contributed by atoms with van der Waals surface area (Å²) in [6, 6.07) is 11.5. The average Bonchev–Trinajstić information content (AvgIpc) is 3.13. The molecule has 3 rings (SSSR count). The van der Waals surface area contributed by atoms with Gasteiger partial charge in [0.15, 0.2) is 0 Å². The van der Waals surface area contributed by atoms with E-state index in [0.29, 0.717) is 18.7 Å². The maximum atomic E-state index is 13.2. The molecule has 1 atom stereocenters. The molecule has 0 unspecified atom stereocenters. The largest absolute Gasteiger partial charge is 0.497 e. The summed E-state index contributed by atoms with van der Waals surface area (Å²) in [5.74, 6) is 0.830. The zero-order chi connectivity index (χ0) is 18.5. The summed E-state index contributed by atoms with van der Waals surface area (Å²) in [5, 5.41) is 0. The van der Waals surface area contributed by atoms with E-state index in [4.69, 9.17) is 9.47 Å². The number of benzene rings is 1. The maximum absolute atomic E-state index is 13.2. The Morgan fingerprint density at radius 1 is 1.23 bits per heavy atom. The molecular weight excluding hydrogens is 328 g/mol. The number of aromatic nitrogens is 1. The molecule has 1 saturated heterocycles. The van der Waals surface area contributed by atoms with Crippen LogP contribution in [-0.2, 0) is 11.3 Å². The van der Waals surface area contributed by atoms with Crippen molar-refractivity contribution in [2.24, 2.45) is 0 Å². The monoisotopic (exact) mass is 354 g/mol. The highest BCUT2D eigenvalue weighted by atomic mass is 16.5. The maximum Gasteiger partial charge on any atom is 0.254 e. The van der Waals surface area contributed by atoms with Crippen molar-refractivity contribution in [1.29, 1.82) is 0 Å². The van der Waals surface area contributed by atoms with Crippen LogP contribution in [0, 0.1) is 13.8 Å². The van der Waals surface area contributed by atoms with E-state index in [2.05, 4.69) is 4.98 Å². The molecule has 138 valence electrons. The van der Waals surface area contributed by atoms with Crippen LogP contribution in [0.25, 0.3) is 0 Å². The minimum Gasteiger partial charge on any atom is -0.497 e. The van der Waals surface area contributed by atoms with Crippen molar-refractivity contribution >= 4 is 5.91 Å². The standard InChI is InChI=1S/C21H26N2O3/c1-15-11-18(12-16(2)22-15)21(24)23(14-20-5-4-10-26-20)13-17-6-8-19(25-3)9-7-17/h6-9,11-12,20H,4-5,10,13-14H2,1-3H3/t20-/m0/s1. The molecule has 0 saturated carbocycles. The van der Waals surface area contributed by atoms with Gasteiger partial charge < -0.3 is 14.4 Å². The van der Waals surface area contributed by atoms with Crippen molar-refractivity contribution < 1.29 is 14.3 Å². The molecule has 2 heterocycles. The molecule has 26 heavy (non-hydrogen) atoms. The highest BCUT2D eigenvalue weighted by molar-refractivity contribution is 5.94. The van der Waals surface area contributed by atoms with Crippen molar-refractivity contribution in [3.05, 3.63) is 58.9 Å². The van der Waals surface area contributed by atoms with E-state index in [9.17, 15) is 4.79 Å². The smallest absolute Gasteiger partial charge is 0.254 e. The zero-order valence-electron chi connectivity index (χ0n) is 15.7. The molecule has 0 spiro atoms. The minimum absolute atomic E-state index is 0.0184. The van der Waals surface area contributed by atoms with E-state index in [0.717, 1.165) is 42.1 Å². The lowest BCUT2D eigenvalue weighted by Gasteiger charge is -2.26. The summed E-state index contributed by atoms with van der Waals surface area (Å²) >= 11 is 0. The summed E-state index contributed by atoms with van der Waals surface area (Å²) < 4.78 is 11.0. The third-order valence-corrected chi connectivity index (χ3v) is 4.60. The number of carbonyl (C=O) groups excluding carboxylic acids is 1. The number of pyridine rings is 1. The molecule has 0 N–H and O–H groups in total. The normalized spacial score (nSPS) is 16.5. The van der Waals surface area contributed by atoms with Crippen LogP contribution in [0.4, 0.5) is 0 Å². The van der Waals surface area contributed by atoms with Crippen LogP contribution in [0.2, 0.25) is 0 Å². The van der Waals surface area contributed by atoms with E-state index < -0.39 is 0 Å². The van der Waals surface area contributed by atoms with Crippen molar-refractivity contribution in [2.45, 2.75) is 39.3 Å². The van der Waals surface area contributed by atoms with Crippen molar-refractivity contribution in [3.63, 3.8) is 0 Å². The Hall–Kier alpha value is -2.40. The van der Waals surface area contributed by atoms with Gasteiger partial charge in [0.05, 0.1) is 13.2 Å². The van der Waals surface area contributed by atoms with Gasteiger partial charge in [-0.2, -0.15) is 0 Å². The molecule has 1 aromatic carbocycles. The molecule has 0 bridgehead atoms. The van der Waals surface area contributed by atoms with Crippen molar-refractivity contribution in [3.8, 4) is 5.75 Å². The summed E-state index contributed by atoms with van der Waals surface area (Å²) in [4.78, 5) is 19.4. The van der Waals surface area contributed by atoms with Gasteiger partial charge in [-0.25, -0.2) is 0 Å². The molecule has 2 aromatic rings. The van der Waals surface area contributed by atoms with Gasteiger partial charge in [0.2, 0.25) is 0 Å². The summed E-state index contributed by atoms with van der Waals surface area (Å²) in [5.41, 5.74) is 3.46. The number of ether oxygens (including phenoxy) is 2. The molecule has 0 radical (unpaired) electrons. The number of nitrogens with zero attached hydrogens (tertiary/aromatic N) is 2.